The first kappa shape index (κ1) is 15.2. The molecule has 1 aromatic heterocycles. The predicted molar refractivity (Wildman–Crippen MR) is 82.0 cm³/mol. The van der Waals surface area contributed by atoms with Crippen molar-refractivity contribution in [3.63, 3.8) is 0 Å². The Hall–Kier alpha value is -2.18. The van der Waals surface area contributed by atoms with Crippen molar-refractivity contribution in [3.05, 3.63) is 46.2 Å². The number of rotatable bonds is 3. The van der Waals surface area contributed by atoms with E-state index in [1.54, 1.807) is 30.6 Å². The maximum Gasteiger partial charge on any atom is 0.253 e. The number of benzene rings is 1. The molecule has 0 atom stereocenters. The van der Waals surface area contributed by atoms with Crippen molar-refractivity contribution in [3.8, 4) is 11.4 Å². The van der Waals surface area contributed by atoms with Gasteiger partial charge in [-0.05, 0) is 23.8 Å². The minimum absolute atomic E-state index is 0.115. The van der Waals surface area contributed by atoms with Crippen LogP contribution in [0.4, 0.5) is 0 Å². The summed E-state index contributed by atoms with van der Waals surface area (Å²) >= 11 is 12.4. The molecule has 2 aromatic rings. The third-order valence-corrected chi connectivity index (χ3v) is 3.36. The summed E-state index contributed by atoms with van der Waals surface area (Å²) in [5, 5.41) is 0.645. The molecule has 0 radical (unpaired) electrons. The van der Waals surface area contributed by atoms with Crippen LogP contribution in [0.3, 0.4) is 0 Å². The lowest BCUT2D eigenvalue weighted by Gasteiger charge is -2.09. The Balaban J connectivity index is 2.43. The summed E-state index contributed by atoms with van der Waals surface area (Å²) in [5.74, 6) is -0.408. The number of aliphatic imine (C=N–C) groups is 1. The van der Waals surface area contributed by atoms with E-state index in [0.717, 1.165) is 0 Å². The average molecular weight is 324 g/mol. The highest BCUT2D eigenvalue weighted by Gasteiger charge is 2.16. The Morgan fingerprint density at radius 2 is 1.86 bits per heavy atom. The molecule has 6 nitrogen and oxygen atoms in total. The van der Waals surface area contributed by atoms with Crippen LogP contribution in [-0.2, 0) is 11.2 Å². The topological polar surface area (TPSA) is 107 Å². The predicted octanol–water partition coefficient (Wildman–Crippen LogP) is 1.79. The zero-order valence-corrected chi connectivity index (χ0v) is 12.3. The molecule has 0 spiro atoms. The van der Waals surface area contributed by atoms with Gasteiger partial charge in [0.25, 0.3) is 5.91 Å². The SMILES string of the molecule is NC(N)=NC(=O)Cc1c(Cl)ccc(-c2ncccn2)c1Cl. The Kier molecular flexibility index (Phi) is 4.72. The molecule has 4 N–H and O–H groups in total. The van der Waals surface area contributed by atoms with Crippen LogP contribution in [0.15, 0.2) is 35.6 Å². The lowest BCUT2D eigenvalue weighted by atomic mass is 10.1. The van der Waals surface area contributed by atoms with Crippen LogP contribution in [-0.4, -0.2) is 21.8 Å². The van der Waals surface area contributed by atoms with Crippen molar-refractivity contribution in [2.45, 2.75) is 6.42 Å². The van der Waals surface area contributed by atoms with Crippen LogP contribution >= 0.6 is 23.2 Å². The van der Waals surface area contributed by atoms with Crippen molar-refractivity contribution >= 4 is 35.1 Å². The number of halogens is 2. The molecule has 1 heterocycles. The van der Waals surface area contributed by atoms with E-state index in [9.17, 15) is 4.79 Å². The molecule has 8 heteroatoms. The molecule has 1 aromatic carbocycles. The Labute approximate surface area is 130 Å². The summed E-state index contributed by atoms with van der Waals surface area (Å²) in [5.41, 5.74) is 11.3. The quantitative estimate of drug-likeness (QED) is 0.661. The zero-order valence-electron chi connectivity index (χ0n) is 10.8. The van der Waals surface area contributed by atoms with Gasteiger partial charge in [-0.2, -0.15) is 4.99 Å². The highest BCUT2D eigenvalue weighted by molar-refractivity contribution is 6.38. The molecule has 0 aliphatic heterocycles. The van der Waals surface area contributed by atoms with E-state index in [-0.39, 0.29) is 12.4 Å². The number of guanidine groups is 1. The average Bonchev–Trinajstić information content (AvgIpc) is 2.43. The van der Waals surface area contributed by atoms with Gasteiger partial charge in [-0.3, -0.25) is 4.79 Å². The van der Waals surface area contributed by atoms with Gasteiger partial charge in [0.05, 0.1) is 11.4 Å². The summed E-state index contributed by atoms with van der Waals surface area (Å²) in [6.07, 6.45) is 3.07. The fraction of sp³-hybridized carbons (Fsp3) is 0.0769. The van der Waals surface area contributed by atoms with Gasteiger partial charge in [-0.1, -0.05) is 23.2 Å². The Morgan fingerprint density at radius 1 is 1.19 bits per heavy atom. The fourth-order valence-electron chi connectivity index (χ4n) is 1.71. The van der Waals surface area contributed by atoms with Crippen LogP contribution in [0.2, 0.25) is 10.0 Å². The van der Waals surface area contributed by atoms with Crippen LogP contribution in [0.1, 0.15) is 5.56 Å². The van der Waals surface area contributed by atoms with Crippen molar-refractivity contribution < 1.29 is 4.79 Å². The normalized spacial score (nSPS) is 10.2. The molecule has 21 heavy (non-hydrogen) atoms. The summed E-state index contributed by atoms with van der Waals surface area (Å²) in [7, 11) is 0. The van der Waals surface area contributed by atoms with Gasteiger partial charge in [-0.25, -0.2) is 9.97 Å². The first-order chi connectivity index (χ1) is 9.99. The number of carbonyl (C=O) groups excluding carboxylic acids is 1. The Morgan fingerprint density at radius 3 is 2.48 bits per heavy atom. The van der Waals surface area contributed by atoms with Crippen LogP contribution in [0.5, 0.6) is 0 Å². The minimum atomic E-state index is -0.537. The monoisotopic (exact) mass is 323 g/mol. The van der Waals surface area contributed by atoms with Crippen molar-refractivity contribution in [1.29, 1.82) is 0 Å². The molecule has 0 bridgehead atoms. The maximum atomic E-state index is 11.7. The van der Waals surface area contributed by atoms with E-state index in [1.807, 2.05) is 0 Å². The van der Waals surface area contributed by atoms with E-state index in [4.69, 9.17) is 34.7 Å². The molecule has 108 valence electrons. The molecule has 0 saturated heterocycles. The van der Waals surface area contributed by atoms with Crippen molar-refractivity contribution in [2.24, 2.45) is 16.5 Å². The van der Waals surface area contributed by atoms with E-state index in [2.05, 4.69) is 15.0 Å². The number of nitrogens with zero attached hydrogens (tertiary/aromatic N) is 3. The summed E-state index contributed by atoms with van der Waals surface area (Å²) < 4.78 is 0. The second-order valence-corrected chi connectivity index (χ2v) is 4.85. The molecule has 0 fully saturated rings. The number of amides is 1. The molecular formula is C13H11Cl2N5O. The van der Waals surface area contributed by atoms with E-state index in [1.165, 1.54) is 0 Å². The van der Waals surface area contributed by atoms with E-state index in [0.29, 0.717) is 27.0 Å². The number of hydrogen-bond acceptors (Lipinski definition) is 3. The largest absolute Gasteiger partial charge is 0.370 e. The first-order valence-corrected chi connectivity index (χ1v) is 6.61. The summed E-state index contributed by atoms with van der Waals surface area (Å²) in [6, 6.07) is 5.00. The van der Waals surface area contributed by atoms with Gasteiger partial charge in [0, 0.05) is 23.0 Å². The Bertz CT molecular complexity index is 699. The van der Waals surface area contributed by atoms with Crippen LogP contribution < -0.4 is 11.5 Å². The molecule has 0 unspecified atom stereocenters. The van der Waals surface area contributed by atoms with Crippen molar-refractivity contribution in [1.82, 2.24) is 9.97 Å². The van der Waals surface area contributed by atoms with Crippen LogP contribution in [0, 0.1) is 0 Å². The van der Waals surface area contributed by atoms with Gasteiger partial charge >= 0.3 is 0 Å². The first-order valence-electron chi connectivity index (χ1n) is 5.85. The van der Waals surface area contributed by atoms with Gasteiger partial charge in [-0.15, -0.1) is 0 Å². The number of aromatic nitrogens is 2. The van der Waals surface area contributed by atoms with Gasteiger partial charge in [0.2, 0.25) is 0 Å². The number of nitrogens with two attached hydrogens (primary N) is 2. The zero-order chi connectivity index (χ0) is 15.4. The summed E-state index contributed by atoms with van der Waals surface area (Å²) in [4.78, 5) is 23.4. The smallest absolute Gasteiger partial charge is 0.253 e. The third-order valence-electron chi connectivity index (χ3n) is 2.57. The van der Waals surface area contributed by atoms with Crippen LogP contribution in [0.25, 0.3) is 11.4 Å². The van der Waals surface area contributed by atoms with Gasteiger partial charge in [0.1, 0.15) is 0 Å². The van der Waals surface area contributed by atoms with Gasteiger partial charge < -0.3 is 11.5 Å². The standard InChI is InChI=1S/C13H11Cl2N5O/c14-9-3-2-7(12-18-4-1-5-19-12)11(15)8(9)6-10(21)20-13(16)17/h1-5H,6H2,(H4,16,17,20,21). The second kappa shape index (κ2) is 6.51. The second-order valence-electron chi connectivity index (χ2n) is 4.07. The highest BCUT2D eigenvalue weighted by Crippen LogP contribution is 2.33. The minimum Gasteiger partial charge on any atom is -0.370 e. The number of carbonyl (C=O) groups is 1. The highest BCUT2D eigenvalue weighted by atomic mass is 35.5. The third kappa shape index (κ3) is 3.68. The maximum absolute atomic E-state index is 11.7. The lowest BCUT2D eigenvalue weighted by molar-refractivity contribution is -0.117. The van der Waals surface area contributed by atoms with Crippen molar-refractivity contribution in [2.75, 3.05) is 0 Å². The molecule has 0 saturated carbocycles. The summed E-state index contributed by atoms with van der Waals surface area (Å²) in [6.45, 7) is 0. The number of hydrogen-bond donors (Lipinski definition) is 2. The van der Waals surface area contributed by atoms with E-state index < -0.39 is 5.91 Å². The fourth-order valence-corrected chi connectivity index (χ4v) is 2.29. The molecule has 1 amide bonds. The molecule has 2 rings (SSSR count). The lowest BCUT2D eigenvalue weighted by Crippen LogP contribution is -2.24. The molecular weight excluding hydrogens is 313 g/mol. The van der Waals surface area contributed by atoms with E-state index >= 15 is 0 Å². The van der Waals surface area contributed by atoms with Gasteiger partial charge in [0.15, 0.2) is 11.8 Å². The molecule has 0 aliphatic carbocycles. The molecule has 0 aliphatic rings.